The van der Waals surface area contributed by atoms with E-state index in [1.54, 1.807) is 31.2 Å². The summed E-state index contributed by atoms with van der Waals surface area (Å²) in [7, 11) is -2.61. The number of rotatable bonds is 4. The van der Waals surface area contributed by atoms with Crippen LogP contribution in [0.25, 0.3) is 0 Å². The molecule has 2 aromatic rings. The standard InChI is InChI=1S/C16H12Cl2F3NO.HNO2S/c1-2-15(22-23-12-6-3-10(17)4-7-12)13-9-11(18)5-8-14(13)16(19,20)21;1-4(2)3/h3-9H,2H2,1H3;1H/b22-15+;. The average molecular weight is 441 g/mol. The molecule has 0 aliphatic carbocycles. The van der Waals surface area contributed by atoms with Gasteiger partial charge in [0.1, 0.15) is 0 Å². The normalized spacial score (nSPS) is 11.4. The van der Waals surface area contributed by atoms with Crippen LogP contribution < -0.4 is 4.84 Å². The quantitative estimate of drug-likeness (QED) is 0.479. The molecule has 0 aliphatic heterocycles. The molecular formula is C16H13Cl2F3N2O3S. The number of halogens is 5. The van der Waals surface area contributed by atoms with E-state index in [9.17, 15) is 13.2 Å². The van der Waals surface area contributed by atoms with Crippen LogP contribution in [0.5, 0.6) is 5.75 Å². The Hall–Kier alpha value is -2.10. The summed E-state index contributed by atoms with van der Waals surface area (Å²) in [6.45, 7) is 1.69. The first-order valence-corrected chi connectivity index (χ1v) is 9.04. The molecule has 2 rings (SSSR count). The smallest absolute Gasteiger partial charge is 0.357 e. The SMILES string of the molecule is CC/C(=N\Oc1ccc(Cl)cc1)c1cc(Cl)ccc1C(F)(F)F.N=S(=O)=O. The van der Waals surface area contributed by atoms with Gasteiger partial charge in [-0.25, -0.2) is 0 Å². The summed E-state index contributed by atoms with van der Waals surface area (Å²) in [6, 6.07) is 9.70. The van der Waals surface area contributed by atoms with Crippen LogP contribution in [0.3, 0.4) is 0 Å². The summed E-state index contributed by atoms with van der Waals surface area (Å²) < 4.78 is 62.2. The van der Waals surface area contributed by atoms with Crippen LogP contribution in [0, 0.1) is 4.78 Å². The minimum atomic E-state index is -4.50. The summed E-state index contributed by atoms with van der Waals surface area (Å²) >= 11 is 11.6. The van der Waals surface area contributed by atoms with Gasteiger partial charge in [-0.3, -0.25) is 0 Å². The molecule has 0 radical (unpaired) electrons. The van der Waals surface area contributed by atoms with Crippen molar-refractivity contribution >= 4 is 39.4 Å². The second-order valence-corrected chi connectivity index (χ2v) is 6.20. The van der Waals surface area contributed by atoms with Crippen LogP contribution in [-0.4, -0.2) is 14.1 Å². The van der Waals surface area contributed by atoms with Crippen molar-refractivity contribution in [3.05, 3.63) is 63.6 Å². The number of hydrogen-bond donors (Lipinski definition) is 1. The molecule has 0 fully saturated rings. The van der Waals surface area contributed by atoms with Gasteiger partial charge in [0.25, 0.3) is 0 Å². The van der Waals surface area contributed by atoms with Gasteiger partial charge in [0, 0.05) is 15.6 Å². The Labute approximate surface area is 164 Å². The van der Waals surface area contributed by atoms with Gasteiger partial charge in [-0.1, -0.05) is 35.3 Å². The van der Waals surface area contributed by atoms with Crippen molar-refractivity contribution in [1.29, 1.82) is 4.78 Å². The van der Waals surface area contributed by atoms with Gasteiger partial charge in [-0.05, 0) is 48.9 Å². The summed E-state index contributed by atoms with van der Waals surface area (Å²) in [5.74, 6) is 0.371. The number of benzene rings is 2. The van der Waals surface area contributed by atoms with Crippen molar-refractivity contribution in [2.75, 3.05) is 0 Å². The molecule has 0 unspecified atom stereocenters. The van der Waals surface area contributed by atoms with Crippen molar-refractivity contribution in [1.82, 2.24) is 0 Å². The third-order valence-electron chi connectivity index (χ3n) is 3.01. The van der Waals surface area contributed by atoms with E-state index in [0.717, 1.165) is 6.07 Å². The lowest BCUT2D eigenvalue weighted by atomic mass is 10.0. The molecule has 0 saturated carbocycles. The monoisotopic (exact) mass is 440 g/mol. The lowest BCUT2D eigenvalue weighted by Gasteiger charge is -2.14. The molecule has 0 bridgehead atoms. The highest BCUT2D eigenvalue weighted by molar-refractivity contribution is 7.60. The van der Waals surface area contributed by atoms with Crippen LogP contribution in [-0.2, 0) is 16.7 Å². The molecule has 11 heteroatoms. The van der Waals surface area contributed by atoms with Gasteiger partial charge in [-0.15, -0.1) is 0 Å². The van der Waals surface area contributed by atoms with Crippen molar-refractivity contribution in [3.63, 3.8) is 0 Å². The Morgan fingerprint density at radius 1 is 1.11 bits per heavy atom. The molecule has 0 aliphatic rings. The van der Waals surface area contributed by atoms with E-state index in [-0.39, 0.29) is 22.7 Å². The van der Waals surface area contributed by atoms with E-state index < -0.39 is 22.2 Å². The average Bonchev–Trinajstić information content (AvgIpc) is 2.55. The molecule has 0 spiro atoms. The zero-order valence-electron chi connectivity index (χ0n) is 13.7. The number of nitrogens with zero attached hydrogens (tertiary/aromatic N) is 1. The Bertz CT molecular complexity index is 909. The lowest BCUT2D eigenvalue weighted by Crippen LogP contribution is -2.14. The molecule has 0 amide bonds. The third-order valence-corrected chi connectivity index (χ3v) is 3.49. The van der Waals surface area contributed by atoms with Gasteiger partial charge in [0.2, 0.25) is 0 Å². The molecule has 1 N–H and O–H groups in total. The highest BCUT2D eigenvalue weighted by Crippen LogP contribution is 2.34. The topological polar surface area (TPSA) is 79.6 Å². The van der Waals surface area contributed by atoms with Gasteiger partial charge in [-0.2, -0.15) is 26.4 Å². The molecule has 0 aromatic heterocycles. The number of alkyl halides is 3. The maximum absolute atomic E-state index is 13.1. The summed E-state index contributed by atoms with van der Waals surface area (Å²) in [4.78, 5) is 5.19. The van der Waals surface area contributed by atoms with E-state index in [2.05, 4.69) is 5.16 Å². The van der Waals surface area contributed by atoms with Crippen LogP contribution in [0.2, 0.25) is 10.0 Å². The molecule has 0 heterocycles. The third kappa shape index (κ3) is 7.98. The van der Waals surface area contributed by atoms with Gasteiger partial charge in [0.05, 0.1) is 11.3 Å². The van der Waals surface area contributed by atoms with Crippen LogP contribution in [0.4, 0.5) is 13.2 Å². The fraction of sp³-hybridized carbons (Fsp3) is 0.188. The Morgan fingerprint density at radius 2 is 1.63 bits per heavy atom. The largest absolute Gasteiger partial charge is 0.417 e. The molecule has 0 saturated heterocycles. The number of hydrogen-bond acceptors (Lipinski definition) is 5. The Morgan fingerprint density at radius 3 is 2.11 bits per heavy atom. The molecule has 27 heavy (non-hydrogen) atoms. The Balaban J connectivity index is 0.000000828. The minimum Gasteiger partial charge on any atom is -0.357 e. The van der Waals surface area contributed by atoms with E-state index in [4.69, 9.17) is 41.2 Å². The van der Waals surface area contributed by atoms with Crippen molar-refractivity contribution in [2.24, 2.45) is 5.16 Å². The summed E-state index contributed by atoms with van der Waals surface area (Å²) in [5, 5.41) is 4.56. The minimum absolute atomic E-state index is 0.0959. The lowest BCUT2D eigenvalue weighted by molar-refractivity contribution is -0.137. The molecule has 0 atom stereocenters. The van der Waals surface area contributed by atoms with E-state index in [1.165, 1.54) is 12.1 Å². The second kappa shape index (κ2) is 10.3. The zero-order valence-corrected chi connectivity index (χ0v) is 16.0. The predicted octanol–water partition coefficient (Wildman–Crippen LogP) is 5.83. The maximum Gasteiger partial charge on any atom is 0.417 e. The van der Waals surface area contributed by atoms with Crippen molar-refractivity contribution < 1.29 is 26.4 Å². The summed E-state index contributed by atoms with van der Waals surface area (Å²) in [6.07, 6.45) is -4.26. The van der Waals surface area contributed by atoms with Crippen LogP contribution in [0.15, 0.2) is 47.6 Å². The van der Waals surface area contributed by atoms with Crippen LogP contribution >= 0.6 is 23.2 Å². The maximum atomic E-state index is 13.1. The van der Waals surface area contributed by atoms with E-state index >= 15 is 0 Å². The fourth-order valence-electron chi connectivity index (χ4n) is 1.91. The zero-order chi connectivity index (χ0) is 20.6. The molecule has 5 nitrogen and oxygen atoms in total. The fourth-order valence-corrected chi connectivity index (χ4v) is 2.21. The molecular weight excluding hydrogens is 428 g/mol. The molecule has 146 valence electrons. The number of nitrogens with one attached hydrogen (secondary N) is 1. The first kappa shape index (κ1) is 22.9. The first-order chi connectivity index (χ1) is 12.5. The highest BCUT2D eigenvalue weighted by atomic mass is 35.5. The van der Waals surface area contributed by atoms with Crippen LogP contribution in [0.1, 0.15) is 24.5 Å². The van der Waals surface area contributed by atoms with Gasteiger partial charge in [0.15, 0.2) is 5.75 Å². The van der Waals surface area contributed by atoms with Gasteiger partial charge < -0.3 is 4.84 Å². The van der Waals surface area contributed by atoms with Crippen molar-refractivity contribution in [3.8, 4) is 5.75 Å². The van der Waals surface area contributed by atoms with Crippen molar-refractivity contribution in [2.45, 2.75) is 19.5 Å². The number of oxime groups is 1. The first-order valence-electron chi connectivity index (χ1n) is 7.21. The Kier molecular flexibility index (Phi) is 8.74. The second-order valence-electron chi connectivity index (χ2n) is 4.86. The van der Waals surface area contributed by atoms with E-state index in [0.29, 0.717) is 10.8 Å². The molecule has 2 aromatic carbocycles. The van der Waals surface area contributed by atoms with E-state index in [1.807, 2.05) is 0 Å². The van der Waals surface area contributed by atoms with Gasteiger partial charge >= 0.3 is 16.7 Å². The highest BCUT2D eigenvalue weighted by Gasteiger charge is 2.34. The summed E-state index contributed by atoms with van der Waals surface area (Å²) in [5.41, 5.74) is -0.751. The predicted molar refractivity (Wildman–Crippen MR) is 97.0 cm³/mol.